The lowest BCUT2D eigenvalue weighted by Crippen LogP contribution is -2.06. The van der Waals surface area contributed by atoms with Crippen LogP contribution >= 0.6 is 0 Å². The maximum atomic E-state index is 9.14. The Labute approximate surface area is 122 Å². The Balaban J connectivity index is 2.34. The van der Waals surface area contributed by atoms with E-state index in [9.17, 15) is 0 Å². The van der Waals surface area contributed by atoms with Gasteiger partial charge in [0.2, 0.25) is 0 Å². The number of nitrogens with two attached hydrogens (primary N) is 1. The van der Waals surface area contributed by atoms with Gasteiger partial charge in [-0.15, -0.1) is 0 Å². The predicted molar refractivity (Wildman–Crippen MR) is 82.9 cm³/mol. The molecule has 3 aromatic rings. The van der Waals surface area contributed by atoms with Crippen molar-refractivity contribution in [3.63, 3.8) is 0 Å². The third-order valence-corrected chi connectivity index (χ3v) is 3.55. The highest BCUT2D eigenvalue weighted by molar-refractivity contribution is 6.04. The summed E-state index contributed by atoms with van der Waals surface area (Å²) in [7, 11) is 0. The summed E-state index contributed by atoms with van der Waals surface area (Å²) < 4.78 is 2.13. The Bertz CT molecular complexity index is 780. The van der Waals surface area contributed by atoms with Crippen LogP contribution in [-0.2, 0) is 13.0 Å². The number of imidazole rings is 1. The van der Waals surface area contributed by atoms with Gasteiger partial charge in [0.05, 0.1) is 5.52 Å². The number of rotatable bonds is 5. The van der Waals surface area contributed by atoms with Crippen LogP contribution in [0.1, 0.15) is 25.6 Å². The highest BCUT2D eigenvalue weighted by atomic mass is 16.3. The molecule has 3 N–H and O–H groups in total. The first-order valence-electron chi connectivity index (χ1n) is 7.26. The molecule has 0 spiro atoms. The van der Waals surface area contributed by atoms with Crippen LogP contribution < -0.4 is 5.73 Å². The van der Waals surface area contributed by atoms with E-state index < -0.39 is 0 Å². The number of fused-ring (bicyclic) bond motifs is 3. The van der Waals surface area contributed by atoms with E-state index in [1.165, 1.54) is 0 Å². The van der Waals surface area contributed by atoms with E-state index in [4.69, 9.17) is 10.8 Å². The molecule has 0 atom stereocenters. The fourth-order valence-corrected chi connectivity index (χ4v) is 2.65. The Morgan fingerprint density at radius 2 is 2.14 bits per heavy atom. The van der Waals surface area contributed by atoms with Crippen molar-refractivity contribution in [3.05, 3.63) is 24.2 Å². The fourth-order valence-electron chi connectivity index (χ4n) is 2.65. The van der Waals surface area contributed by atoms with Gasteiger partial charge >= 0.3 is 0 Å². The minimum absolute atomic E-state index is 0.150. The number of aryl methyl sites for hydroxylation is 2. The minimum atomic E-state index is 0.150. The summed E-state index contributed by atoms with van der Waals surface area (Å²) in [5, 5.41) is 9.14. The summed E-state index contributed by atoms with van der Waals surface area (Å²) in [6, 6.07) is 3.75. The largest absolute Gasteiger partial charge is 0.396 e. The highest BCUT2D eigenvalue weighted by Gasteiger charge is 2.17. The molecule has 0 unspecified atom stereocenters. The van der Waals surface area contributed by atoms with Crippen molar-refractivity contribution in [1.29, 1.82) is 0 Å². The van der Waals surface area contributed by atoms with Gasteiger partial charge in [-0.25, -0.2) is 9.97 Å². The van der Waals surface area contributed by atoms with Crippen molar-refractivity contribution in [2.24, 2.45) is 0 Å². The lowest BCUT2D eigenvalue weighted by molar-refractivity contribution is 0.280. The van der Waals surface area contributed by atoms with Crippen LogP contribution in [0.25, 0.3) is 22.1 Å². The van der Waals surface area contributed by atoms with Gasteiger partial charge in [-0.05, 0) is 25.0 Å². The second-order valence-corrected chi connectivity index (χ2v) is 5.07. The van der Waals surface area contributed by atoms with Crippen molar-refractivity contribution < 1.29 is 5.11 Å². The number of hydrogen-bond acceptors (Lipinski definition) is 5. The van der Waals surface area contributed by atoms with E-state index in [-0.39, 0.29) is 6.61 Å². The highest BCUT2D eigenvalue weighted by Crippen LogP contribution is 2.28. The predicted octanol–water partition coefficient (Wildman–Crippen LogP) is 1.90. The Kier molecular flexibility index (Phi) is 3.70. The molecule has 0 aliphatic carbocycles. The molecule has 0 saturated heterocycles. The van der Waals surface area contributed by atoms with E-state index in [2.05, 4.69) is 26.4 Å². The number of aliphatic hydroxyl groups excluding tert-OH is 1. The molecule has 3 rings (SSSR count). The van der Waals surface area contributed by atoms with Crippen LogP contribution in [-0.4, -0.2) is 31.2 Å². The maximum absolute atomic E-state index is 9.14. The van der Waals surface area contributed by atoms with E-state index in [1.54, 1.807) is 6.20 Å². The third kappa shape index (κ3) is 2.31. The lowest BCUT2D eigenvalue weighted by atomic mass is 10.2. The first-order valence-corrected chi connectivity index (χ1v) is 7.26. The number of pyridine rings is 2. The SMILES string of the molecule is CCCc1nc2c(N)nc3cccnc3c2n1CCCO. The number of anilines is 1. The van der Waals surface area contributed by atoms with E-state index in [0.29, 0.717) is 24.3 Å². The van der Waals surface area contributed by atoms with Gasteiger partial charge in [0.1, 0.15) is 22.4 Å². The molecule has 0 fully saturated rings. The molecule has 0 radical (unpaired) electrons. The molecule has 0 aromatic carbocycles. The number of aliphatic hydroxyl groups is 1. The molecule has 6 heteroatoms. The summed E-state index contributed by atoms with van der Waals surface area (Å²) in [6.07, 6.45) is 4.30. The molecular weight excluding hydrogens is 266 g/mol. The summed E-state index contributed by atoms with van der Waals surface area (Å²) in [5.74, 6) is 1.42. The Hall–Kier alpha value is -2.21. The number of aromatic nitrogens is 4. The van der Waals surface area contributed by atoms with E-state index in [0.717, 1.165) is 35.2 Å². The van der Waals surface area contributed by atoms with Crippen molar-refractivity contribution >= 4 is 27.9 Å². The summed E-state index contributed by atoms with van der Waals surface area (Å²) in [6.45, 7) is 2.97. The topological polar surface area (TPSA) is 89.9 Å². The fraction of sp³-hybridized carbons (Fsp3) is 0.400. The van der Waals surface area contributed by atoms with Gasteiger partial charge in [0.25, 0.3) is 0 Å². The van der Waals surface area contributed by atoms with E-state index >= 15 is 0 Å². The first kappa shape index (κ1) is 13.8. The second-order valence-electron chi connectivity index (χ2n) is 5.07. The average molecular weight is 285 g/mol. The van der Waals surface area contributed by atoms with Gasteiger partial charge in [-0.2, -0.15) is 0 Å². The minimum Gasteiger partial charge on any atom is -0.396 e. The van der Waals surface area contributed by atoms with Crippen LogP contribution in [0.4, 0.5) is 5.82 Å². The van der Waals surface area contributed by atoms with Crippen molar-refractivity contribution in [3.8, 4) is 0 Å². The molecule has 6 nitrogen and oxygen atoms in total. The molecule has 0 aliphatic heterocycles. The average Bonchev–Trinajstić information content (AvgIpc) is 2.85. The zero-order valence-corrected chi connectivity index (χ0v) is 12.1. The molecule has 0 aliphatic rings. The zero-order valence-electron chi connectivity index (χ0n) is 12.1. The van der Waals surface area contributed by atoms with Crippen molar-refractivity contribution in [1.82, 2.24) is 19.5 Å². The van der Waals surface area contributed by atoms with Gasteiger partial charge in [-0.1, -0.05) is 6.92 Å². The molecular formula is C15H19N5O. The molecule has 3 heterocycles. The van der Waals surface area contributed by atoms with Gasteiger partial charge in [-0.3, -0.25) is 4.98 Å². The standard InChI is InChI=1S/C15H19N5O/c1-2-5-11-19-13-14(20(11)8-4-9-21)12-10(18-15(13)16)6-3-7-17-12/h3,6-7,21H,2,4-5,8-9H2,1H3,(H2,16,18). The quantitative estimate of drug-likeness (QED) is 0.747. The summed E-state index contributed by atoms with van der Waals surface area (Å²) >= 11 is 0. The first-order chi connectivity index (χ1) is 10.3. The van der Waals surface area contributed by atoms with Gasteiger partial charge in [0, 0.05) is 25.8 Å². The smallest absolute Gasteiger partial charge is 0.152 e. The number of nitrogen functional groups attached to an aromatic ring is 1. The molecule has 110 valence electrons. The van der Waals surface area contributed by atoms with Crippen molar-refractivity contribution in [2.75, 3.05) is 12.3 Å². The zero-order chi connectivity index (χ0) is 14.8. The second kappa shape index (κ2) is 5.65. The maximum Gasteiger partial charge on any atom is 0.152 e. The van der Waals surface area contributed by atoms with Gasteiger partial charge in [0.15, 0.2) is 5.82 Å². The molecule has 0 saturated carbocycles. The Morgan fingerprint density at radius 3 is 2.90 bits per heavy atom. The number of hydrogen-bond donors (Lipinski definition) is 2. The van der Waals surface area contributed by atoms with Crippen LogP contribution in [0.5, 0.6) is 0 Å². The molecule has 0 amide bonds. The summed E-state index contributed by atoms with van der Waals surface area (Å²) in [5.41, 5.74) is 9.29. The van der Waals surface area contributed by atoms with Crippen LogP contribution in [0, 0.1) is 0 Å². The Morgan fingerprint density at radius 1 is 1.29 bits per heavy atom. The number of nitrogens with zero attached hydrogens (tertiary/aromatic N) is 4. The molecule has 0 bridgehead atoms. The van der Waals surface area contributed by atoms with E-state index in [1.807, 2.05) is 12.1 Å². The summed E-state index contributed by atoms with van der Waals surface area (Å²) in [4.78, 5) is 13.5. The van der Waals surface area contributed by atoms with Crippen LogP contribution in [0.15, 0.2) is 18.3 Å². The van der Waals surface area contributed by atoms with Crippen LogP contribution in [0.2, 0.25) is 0 Å². The lowest BCUT2D eigenvalue weighted by Gasteiger charge is -2.09. The third-order valence-electron chi connectivity index (χ3n) is 3.55. The van der Waals surface area contributed by atoms with Crippen LogP contribution in [0.3, 0.4) is 0 Å². The van der Waals surface area contributed by atoms with Crippen molar-refractivity contribution in [2.45, 2.75) is 32.7 Å². The normalized spacial score (nSPS) is 11.5. The monoisotopic (exact) mass is 285 g/mol. The molecule has 3 aromatic heterocycles. The molecule has 21 heavy (non-hydrogen) atoms. The van der Waals surface area contributed by atoms with Gasteiger partial charge < -0.3 is 15.4 Å².